The summed E-state index contributed by atoms with van der Waals surface area (Å²) in [5, 5.41) is 0. The summed E-state index contributed by atoms with van der Waals surface area (Å²) in [6.07, 6.45) is 2.00. The Morgan fingerprint density at radius 2 is 2.00 bits per heavy atom. The van der Waals surface area contributed by atoms with Gasteiger partial charge in [0, 0.05) is 18.0 Å². The monoisotopic (exact) mass is 276 g/mol. The molecule has 108 valence electrons. The van der Waals surface area contributed by atoms with Crippen molar-refractivity contribution in [3.63, 3.8) is 0 Å². The van der Waals surface area contributed by atoms with Gasteiger partial charge >= 0.3 is 0 Å². The van der Waals surface area contributed by atoms with Gasteiger partial charge in [0.2, 0.25) is 5.91 Å². The van der Waals surface area contributed by atoms with Gasteiger partial charge in [-0.25, -0.2) is 0 Å². The molecule has 3 nitrogen and oxygen atoms in total. The summed E-state index contributed by atoms with van der Waals surface area (Å²) in [6.45, 7) is 12.2. The van der Waals surface area contributed by atoms with E-state index in [1.54, 1.807) is 0 Å². The number of carbonyl (C=O) groups is 1. The van der Waals surface area contributed by atoms with E-state index >= 15 is 0 Å². The van der Waals surface area contributed by atoms with E-state index in [0.29, 0.717) is 30.3 Å². The second kappa shape index (κ2) is 6.76. The lowest BCUT2D eigenvalue weighted by atomic mass is 9.82. The third-order valence-electron chi connectivity index (χ3n) is 3.75. The quantitative estimate of drug-likeness (QED) is 0.858. The van der Waals surface area contributed by atoms with Gasteiger partial charge in [0.1, 0.15) is 0 Å². The summed E-state index contributed by atoms with van der Waals surface area (Å²) in [4.78, 5) is 14.6. The van der Waals surface area contributed by atoms with Gasteiger partial charge in [-0.05, 0) is 38.1 Å². The zero-order valence-electron chi connectivity index (χ0n) is 12.4. The summed E-state index contributed by atoms with van der Waals surface area (Å²) < 4.78 is 0. The summed E-state index contributed by atoms with van der Waals surface area (Å²) in [6, 6.07) is 0.350. The molecule has 2 unspecified atom stereocenters. The first-order chi connectivity index (χ1) is 7.77. The van der Waals surface area contributed by atoms with Crippen molar-refractivity contribution < 1.29 is 4.79 Å². The zero-order chi connectivity index (χ0) is 13.2. The van der Waals surface area contributed by atoms with Gasteiger partial charge in [-0.2, -0.15) is 0 Å². The lowest BCUT2D eigenvalue weighted by Gasteiger charge is -2.33. The van der Waals surface area contributed by atoms with Gasteiger partial charge in [-0.3, -0.25) is 4.79 Å². The normalized spacial score (nSPS) is 24.3. The van der Waals surface area contributed by atoms with Crippen LogP contribution < -0.4 is 5.73 Å². The molecule has 1 fully saturated rings. The minimum absolute atomic E-state index is 0. The smallest absolute Gasteiger partial charge is 0.228 e. The van der Waals surface area contributed by atoms with Crippen LogP contribution in [0, 0.1) is 17.3 Å². The van der Waals surface area contributed by atoms with Crippen molar-refractivity contribution in [1.82, 2.24) is 4.90 Å². The van der Waals surface area contributed by atoms with E-state index in [2.05, 4.69) is 34.6 Å². The maximum Gasteiger partial charge on any atom is 0.228 e. The molecule has 0 bridgehead atoms. The van der Waals surface area contributed by atoms with Crippen LogP contribution in [0.5, 0.6) is 0 Å². The average Bonchev–Trinajstić information content (AvgIpc) is 2.56. The predicted molar refractivity (Wildman–Crippen MR) is 78.8 cm³/mol. The van der Waals surface area contributed by atoms with Crippen LogP contribution >= 0.6 is 12.4 Å². The summed E-state index contributed by atoms with van der Waals surface area (Å²) >= 11 is 0. The largest absolute Gasteiger partial charge is 0.339 e. The van der Waals surface area contributed by atoms with E-state index in [9.17, 15) is 4.79 Å². The van der Waals surface area contributed by atoms with Crippen LogP contribution in [0.1, 0.15) is 47.5 Å². The highest BCUT2D eigenvalue weighted by atomic mass is 35.5. The zero-order valence-corrected chi connectivity index (χ0v) is 13.2. The molecular formula is C14H29ClN2O. The standard InChI is InChI=1S/C14H28N2O.ClH/c1-10(2)7-14(4,5)13(17)16-9-12(8-15)6-11(16)3;/h10-12H,6-9,15H2,1-5H3;1H. The number of hydrogen-bond donors (Lipinski definition) is 1. The molecule has 0 radical (unpaired) electrons. The van der Waals surface area contributed by atoms with Gasteiger partial charge < -0.3 is 10.6 Å². The van der Waals surface area contributed by atoms with Gasteiger partial charge in [0.25, 0.3) is 0 Å². The lowest BCUT2D eigenvalue weighted by molar-refractivity contribution is -0.141. The Balaban J connectivity index is 0.00000289. The van der Waals surface area contributed by atoms with Crippen LogP contribution in [0.25, 0.3) is 0 Å². The fourth-order valence-corrected chi connectivity index (χ4v) is 3.09. The molecule has 4 heteroatoms. The summed E-state index contributed by atoms with van der Waals surface area (Å²) in [7, 11) is 0. The van der Waals surface area contributed by atoms with Crippen molar-refractivity contribution in [2.75, 3.05) is 13.1 Å². The topological polar surface area (TPSA) is 46.3 Å². The minimum Gasteiger partial charge on any atom is -0.339 e. The molecule has 0 spiro atoms. The number of hydrogen-bond acceptors (Lipinski definition) is 2. The number of halogens is 1. The van der Waals surface area contributed by atoms with Crippen LogP contribution in [0.4, 0.5) is 0 Å². The van der Waals surface area contributed by atoms with Crippen molar-refractivity contribution in [3.05, 3.63) is 0 Å². The number of amides is 1. The Morgan fingerprint density at radius 3 is 2.39 bits per heavy atom. The van der Waals surface area contributed by atoms with E-state index in [-0.39, 0.29) is 17.8 Å². The Hall–Kier alpha value is -0.280. The van der Waals surface area contributed by atoms with E-state index in [4.69, 9.17) is 5.73 Å². The summed E-state index contributed by atoms with van der Waals surface area (Å²) in [5.41, 5.74) is 5.47. The highest BCUT2D eigenvalue weighted by Crippen LogP contribution is 2.32. The predicted octanol–water partition coefficient (Wildman–Crippen LogP) is 2.68. The molecule has 1 amide bonds. The summed E-state index contributed by atoms with van der Waals surface area (Å²) in [5.74, 6) is 1.34. The molecule has 1 aliphatic heterocycles. The highest BCUT2D eigenvalue weighted by Gasteiger charge is 2.39. The maximum absolute atomic E-state index is 12.6. The minimum atomic E-state index is -0.244. The molecule has 0 saturated carbocycles. The van der Waals surface area contributed by atoms with Crippen molar-refractivity contribution in [2.45, 2.75) is 53.5 Å². The number of likely N-dealkylation sites (tertiary alicyclic amines) is 1. The molecule has 1 rings (SSSR count). The fraction of sp³-hybridized carbons (Fsp3) is 0.929. The first-order valence-electron chi connectivity index (χ1n) is 6.79. The number of carbonyl (C=O) groups excluding carboxylic acids is 1. The van der Waals surface area contributed by atoms with E-state index in [0.717, 1.165) is 19.4 Å². The number of rotatable bonds is 4. The Bertz CT molecular complexity index is 279. The van der Waals surface area contributed by atoms with Crippen molar-refractivity contribution in [2.24, 2.45) is 23.0 Å². The molecular weight excluding hydrogens is 248 g/mol. The van der Waals surface area contributed by atoms with Gasteiger partial charge in [0.15, 0.2) is 0 Å². The molecule has 1 saturated heterocycles. The van der Waals surface area contributed by atoms with E-state index in [1.165, 1.54) is 0 Å². The van der Waals surface area contributed by atoms with Crippen LogP contribution in [0.15, 0.2) is 0 Å². The van der Waals surface area contributed by atoms with Gasteiger partial charge in [-0.15, -0.1) is 12.4 Å². The molecule has 1 aliphatic rings. The number of nitrogens with zero attached hydrogens (tertiary/aromatic N) is 1. The Kier molecular flexibility index (Phi) is 6.66. The van der Waals surface area contributed by atoms with Gasteiger partial charge in [0.05, 0.1) is 0 Å². The van der Waals surface area contributed by atoms with Crippen molar-refractivity contribution >= 4 is 18.3 Å². The molecule has 0 aromatic carbocycles. The Morgan fingerprint density at radius 1 is 1.44 bits per heavy atom. The van der Waals surface area contributed by atoms with E-state index in [1.807, 2.05) is 4.90 Å². The first-order valence-corrected chi connectivity index (χ1v) is 6.79. The van der Waals surface area contributed by atoms with Crippen molar-refractivity contribution in [3.8, 4) is 0 Å². The van der Waals surface area contributed by atoms with Crippen LogP contribution in [-0.4, -0.2) is 29.9 Å². The second-order valence-corrected chi connectivity index (χ2v) is 6.63. The highest BCUT2D eigenvalue weighted by molar-refractivity contribution is 5.85. The molecule has 2 N–H and O–H groups in total. The van der Waals surface area contributed by atoms with Crippen LogP contribution in [-0.2, 0) is 4.79 Å². The SMILES string of the molecule is CC(C)CC(C)(C)C(=O)N1CC(CN)CC1C.Cl. The van der Waals surface area contributed by atoms with Crippen LogP contribution in [0.2, 0.25) is 0 Å². The first kappa shape index (κ1) is 17.7. The molecule has 18 heavy (non-hydrogen) atoms. The second-order valence-electron chi connectivity index (χ2n) is 6.63. The molecule has 0 aliphatic carbocycles. The van der Waals surface area contributed by atoms with E-state index < -0.39 is 0 Å². The van der Waals surface area contributed by atoms with Crippen molar-refractivity contribution in [1.29, 1.82) is 0 Å². The molecule has 0 aromatic heterocycles. The third-order valence-corrected chi connectivity index (χ3v) is 3.75. The fourth-order valence-electron chi connectivity index (χ4n) is 3.09. The lowest BCUT2D eigenvalue weighted by Crippen LogP contribution is -2.43. The van der Waals surface area contributed by atoms with Crippen LogP contribution in [0.3, 0.4) is 0 Å². The number of nitrogens with two attached hydrogens (primary N) is 1. The molecule has 2 atom stereocenters. The molecule has 1 heterocycles. The van der Waals surface area contributed by atoms with Gasteiger partial charge in [-0.1, -0.05) is 27.7 Å². The Labute approximate surface area is 118 Å². The maximum atomic E-state index is 12.6. The third kappa shape index (κ3) is 4.13. The molecule has 0 aromatic rings. The average molecular weight is 277 g/mol.